The summed E-state index contributed by atoms with van der Waals surface area (Å²) in [6.45, 7) is 1.81. The Bertz CT molecular complexity index is 1360. The molecule has 4 rings (SSSR count). The summed E-state index contributed by atoms with van der Waals surface area (Å²) in [5.41, 5.74) is 2.71. The van der Waals surface area contributed by atoms with Gasteiger partial charge in [0.15, 0.2) is 5.69 Å². The first-order valence-electron chi connectivity index (χ1n) is 10.8. The number of hydrogen-bond acceptors (Lipinski definition) is 4. The molecule has 2 heterocycles. The summed E-state index contributed by atoms with van der Waals surface area (Å²) in [5, 5.41) is 2.91. The van der Waals surface area contributed by atoms with E-state index in [1.807, 2.05) is 13.0 Å². The molecule has 9 heteroatoms. The molecular weight excluding hydrogens is 459 g/mol. The smallest absolute Gasteiger partial charge is 0.416 e. The molecule has 1 N–H and O–H groups in total. The SMILES string of the molecule is COC(=O)c1ccc([C@H](C)NC(=O)c2ncn3cccc(Cc4ccc(C(F)(F)F)cc4)c23)cc1. The highest BCUT2D eigenvalue weighted by Crippen LogP contribution is 2.30. The summed E-state index contributed by atoms with van der Waals surface area (Å²) in [7, 11) is 1.31. The number of esters is 1. The van der Waals surface area contributed by atoms with E-state index in [0.717, 1.165) is 23.3 Å². The number of fused-ring (bicyclic) bond motifs is 1. The molecule has 2 aromatic carbocycles. The first kappa shape index (κ1) is 24.0. The number of hydrogen-bond donors (Lipinski definition) is 1. The summed E-state index contributed by atoms with van der Waals surface area (Å²) in [4.78, 5) is 29.0. The highest BCUT2D eigenvalue weighted by Gasteiger charge is 2.30. The molecular formula is C26H22F3N3O3. The van der Waals surface area contributed by atoms with Gasteiger partial charge in [0, 0.05) is 6.20 Å². The van der Waals surface area contributed by atoms with Crippen molar-refractivity contribution in [2.75, 3.05) is 7.11 Å². The van der Waals surface area contributed by atoms with E-state index in [2.05, 4.69) is 10.3 Å². The van der Waals surface area contributed by atoms with Gasteiger partial charge in [0.1, 0.15) is 6.33 Å². The monoisotopic (exact) mass is 481 g/mol. The van der Waals surface area contributed by atoms with Crippen LogP contribution in [0.3, 0.4) is 0 Å². The van der Waals surface area contributed by atoms with E-state index < -0.39 is 23.6 Å². The van der Waals surface area contributed by atoms with Gasteiger partial charge in [-0.25, -0.2) is 9.78 Å². The lowest BCUT2D eigenvalue weighted by Crippen LogP contribution is -2.27. The van der Waals surface area contributed by atoms with Crippen molar-refractivity contribution in [3.63, 3.8) is 0 Å². The number of rotatable bonds is 6. The van der Waals surface area contributed by atoms with Gasteiger partial charge < -0.3 is 14.5 Å². The molecule has 180 valence electrons. The van der Waals surface area contributed by atoms with Gasteiger partial charge in [-0.2, -0.15) is 13.2 Å². The summed E-state index contributed by atoms with van der Waals surface area (Å²) in [6, 6.07) is 14.9. The number of carbonyl (C=O) groups is 2. The Labute approximate surface area is 199 Å². The number of halogens is 3. The van der Waals surface area contributed by atoms with Crippen molar-refractivity contribution in [1.82, 2.24) is 14.7 Å². The number of methoxy groups -OCH3 is 1. The lowest BCUT2D eigenvalue weighted by atomic mass is 10.0. The fraction of sp³-hybridized carbons (Fsp3) is 0.192. The molecule has 0 saturated carbocycles. The number of nitrogens with zero attached hydrogens (tertiary/aromatic N) is 2. The van der Waals surface area contributed by atoms with Crippen LogP contribution in [0.1, 0.15) is 56.1 Å². The van der Waals surface area contributed by atoms with Crippen LogP contribution in [0.2, 0.25) is 0 Å². The summed E-state index contributed by atoms with van der Waals surface area (Å²) < 4.78 is 45.0. The maximum atomic E-state index is 13.1. The zero-order valence-electron chi connectivity index (χ0n) is 19.0. The van der Waals surface area contributed by atoms with Crippen LogP contribution in [-0.4, -0.2) is 28.4 Å². The van der Waals surface area contributed by atoms with Crippen molar-refractivity contribution in [1.29, 1.82) is 0 Å². The Hall–Kier alpha value is -4.14. The van der Waals surface area contributed by atoms with Crippen LogP contribution in [0.15, 0.2) is 73.2 Å². The molecule has 0 saturated heterocycles. The van der Waals surface area contributed by atoms with Gasteiger partial charge in [-0.1, -0.05) is 30.3 Å². The lowest BCUT2D eigenvalue weighted by Gasteiger charge is -2.15. The average molecular weight is 481 g/mol. The van der Waals surface area contributed by atoms with E-state index in [9.17, 15) is 22.8 Å². The van der Waals surface area contributed by atoms with E-state index in [1.54, 1.807) is 40.9 Å². The van der Waals surface area contributed by atoms with Crippen molar-refractivity contribution in [2.24, 2.45) is 0 Å². The summed E-state index contributed by atoms with van der Waals surface area (Å²) in [5.74, 6) is -0.838. The van der Waals surface area contributed by atoms with Gasteiger partial charge in [-0.15, -0.1) is 0 Å². The average Bonchev–Trinajstić information content (AvgIpc) is 3.29. The van der Waals surface area contributed by atoms with Crippen molar-refractivity contribution in [3.8, 4) is 0 Å². The molecule has 0 bridgehead atoms. The van der Waals surface area contributed by atoms with Crippen molar-refractivity contribution in [2.45, 2.75) is 25.6 Å². The number of amides is 1. The van der Waals surface area contributed by atoms with E-state index in [-0.39, 0.29) is 11.7 Å². The van der Waals surface area contributed by atoms with E-state index in [0.29, 0.717) is 23.1 Å². The van der Waals surface area contributed by atoms with Gasteiger partial charge in [-0.3, -0.25) is 4.79 Å². The van der Waals surface area contributed by atoms with E-state index >= 15 is 0 Å². The molecule has 0 aliphatic rings. The number of alkyl halides is 3. The summed E-state index contributed by atoms with van der Waals surface area (Å²) >= 11 is 0. The first-order valence-corrected chi connectivity index (χ1v) is 10.8. The molecule has 35 heavy (non-hydrogen) atoms. The zero-order valence-corrected chi connectivity index (χ0v) is 19.0. The highest BCUT2D eigenvalue weighted by atomic mass is 19.4. The number of imidazole rings is 1. The van der Waals surface area contributed by atoms with Gasteiger partial charge in [-0.05, 0) is 60.4 Å². The third-order valence-electron chi connectivity index (χ3n) is 5.71. The van der Waals surface area contributed by atoms with Crippen LogP contribution in [0, 0.1) is 0 Å². The molecule has 0 unspecified atom stereocenters. The number of carbonyl (C=O) groups excluding carboxylic acids is 2. The Balaban J connectivity index is 1.56. The fourth-order valence-corrected chi connectivity index (χ4v) is 3.84. The minimum absolute atomic E-state index is 0.213. The van der Waals surface area contributed by atoms with Crippen molar-refractivity contribution < 1.29 is 27.5 Å². The molecule has 1 atom stereocenters. The van der Waals surface area contributed by atoms with Crippen LogP contribution in [0.25, 0.3) is 5.52 Å². The van der Waals surface area contributed by atoms with Gasteiger partial charge >= 0.3 is 12.1 Å². The molecule has 4 aromatic rings. The van der Waals surface area contributed by atoms with Gasteiger partial charge in [0.05, 0.1) is 29.8 Å². The first-order chi connectivity index (χ1) is 16.7. The Kier molecular flexibility index (Phi) is 6.59. The zero-order chi connectivity index (χ0) is 25.2. The molecule has 2 aromatic heterocycles. The standard InChI is InChI=1S/C26H22F3N3O3/c1-16(18-7-9-19(10-8-18)25(34)35-2)31-24(33)22-23-20(4-3-13-32(23)15-30-22)14-17-5-11-21(12-6-17)26(27,28)29/h3-13,15-16H,14H2,1-2H3,(H,31,33)/t16-/m0/s1. The Morgan fingerprint density at radius 1 is 1.06 bits per heavy atom. The molecule has 6 nitrogen and oxygen atoms in total. The lowest BCUT2D eigenvalue weighted by molar-refractivity contribution is -0.137. The molecule has 0 aliphatic heterocycles. The van der Waals surface area contributed by atoms with Crippen LogP contribution in [-0.2, 0) is 17.3 Å². The second-order valence-corrected chi connectivity index (χ2v) is 8.06. The minimum atomic E-state index is -4.40. The van der Waals surface area contributed by atoms with E-state index in [1.165, 1.54) is 25.6 Å². The quantitative estimate of drug-likeness (QED) is 0.383. The number of aromatic nitrogens is 2. The topological polar surface area (TPSA) is 72.7 Å². The molecule has 0 fully saturated rings. The molecule has 1 amide bonds. The van der Waals surface area contributed by atoms with Crippen LogP contribution in [0.5, 0.6) is 0 Å². The normalized spacial score (nSPS) is 12.4. The third-order valence-corrected chi connectivity index (χ3v) is 5.71. The predicted molar refractivity (Wildman–Crippen MR) is 123 cm³/mol. The Morgan fingerprint density at radius 3 is 2.37 bits per heavy atom. The van der Waals surface area contributed by atoms with E-state index in [4.69, 9.17) is 4.74 Å². The second kappa shape index (κ2) is 9.61. The number of benzene rings is 2. The maximum absolute atomic E-state index is 13.1. The van der Waals surface area contributed by atoms with Crippen molar-refractivity contribution in [3.05, 3.63) is 107 Å². The number of ether oxygens (including phenoxy) is 1. The van der Waals surface area contributed by atoms with Crippen molar-refractivity contribution >= 4 is 17.4 Å². The largest absolute Gasteiger partial charge is 0.465 e. The number of pyridine rings is 1. The molecule has 0 aliphatic carbocycles. The highest BCUT2D eigenvalue weighted by molar-refractivity contribution is 6.00. The molecule has 0 spiro atoms. The predicted octanol–water partition coefficient (Wildman–Crippen LogP) is 5.22. The molecule has 0 radical (unpaired) electrons. The minimum Gasteiger partial charge on any atom is -0.465 e. The Morgan fingerprint density at radius 2 is 1.74 bits per heavy atom. The number of nitrogens with one attached hydrogen (secondary N) is 1. The van der Waals surface area contributed by atoms with Crippen LogP contribution in [0.4, 0.5) is 13.2 Å². The van der Waals surface area contributed by atoms with Gasteiger partial charge in [0.25, 0.3) is 5.91 Å². The second-order valence-electron chi connectivity index (χ2n) is 8.06. The van der Waals surface area contributed by atoms with Crippen LogP contribution < -0.4 is 5.32 Å². The third kappa shape index (κ3) is 5.18. The van der Waals surface area contributed by atoms with Crippen LogP contribution >= 0.6 is 0 Å². The summed E-state index contributed by atoms with van der Waals surface area (Å²) in [6.07, 6.45) is -0.786. The maximum Gasteiger partial charge on any atom is 0.416 e. The fourth-order valence-electron chi connectivity index (χ4n) is 3.84. The van der Waals surface area contributed by atoms with Gasteiger partial charge in [0.2, 0.25) is 0 Å².